The van der Waals surface area contributed by atoms with Crippen molar-refractivity contribution < 1.29 is 13.2 Å². The molecule has 0 unspecified atom stereocenters. The molecule has 1 fully saturated rings. The number of H-pyrrole nitrogens is 1. The number of hydrogen-bond donors (Lipinski definition) is 2. The van der Waals surface area contributed by atoms with Crippen LogP contribution in [-0.2, 0) is 16.4 Å². The molecular weight excluding hydrogens is 378 g/mol. The van der Waals surface area contributed by atoms with Gasteiger partial charge in [0.25, 0.3) is 5.91 Å². The van der Waals surface area contributed by atoms with Crippen molar-refractivity contribution in [2.45, 2.75) is 25.2 Å². The van der Waals surface area contributed by atoms with Gasteiger partial charge in [-0.2, -0.15) is 9.40 Å². The Bertz CT molecular complexity index is 931. The number of nitrogens with zero attached hydrogens (tertiary/aromatic N) is 3. The SMILES string of the molecule is CC(C)Cc1cc(C(=O)Nc2cccc(S(=O)(=O)N3CCN(C)CC3)c2)n[nH]1. The van der Waals surface area contributed by atoms with Gasteiger partial charge in [-0.15, -0.1) is 0 Å². The van der Waals surface area contributed by atoms with Crippen LogP contribution in [0.5, 0.6) is 0 Å². The molecule has 2 aromatic rings. The number of likely N-dealkylation sites (N-methyl/N-ethyl adjacent to an activating group) is 1. The van der Waals surface area contributed by atoms with E-state index in [2.05, 4.69) is 34.3 Å². The summed E-state index contributed by atoms with van der Waals surface area (Å²) in [5, 5.41) is 9.65. The Labute approximate surface area is 166 Å². The van der Waals surface area contributed by atoms with Crippen molar-refractivity contribution in [3.8, 4) is 0 Å². The molecular formula is C19H27N5O3S. The van der Waals surface area contributed by atoms with Gasteiger partial charge in [0.1, 0.15) is 0 Å². The lowest BCUT2D eigenvalue weighted by Crippen LogP contribution is -2.47. The Hall–Kier alpha value is -2.23. The first-order valence-corrected chi connectivity index (χ1v) is 10.8. The van der Waals surface area contributed by atoms with Crippen LogP contribution in [0.1, 0.15) is 30.0 Å². The standard InChI is InChI=1S/C19H27N5O3S/c1-14(2)11-16-13-18(22-21-16)19(25)20-15-5-4-6-17(12-15)28(26,27)24-9-7-23(3)8-10-24/h4-6,12-14H,7-11H2,1-3H3,(H,20,25)(H,21,22). The van der Waals surface area contributed by atoms with Gasteiger partial charge in [0, 0.05) is 37.6 Å². The summed E-state index contributed by atoms with van der Waals surface area (Å²) in [6.45, 7) is 6.50. The van der Waals surface area contributed by atoms with Crippen LogP contribution in [0, 0.1) is 5.92 Å². The fourth-order valence-electron chi connectivity index (χ4n) is 3.13. The van der Waals surface area contributed by atoms with Gasteiger partial charge >= 0.3 is 0 Å². The first-order valence-electron chi connectivity index (χ1n) is 9.40. The van der Waals surface area contributed by atoms with Crippen LogP contribution in [-0.4, -0.2) is 67.0 Å². The Balaban J connectivity index is 1.72. The van der Waals surface area contributed by atoms with Crippen LogP contribution >= 0.6 is 0 Å². The van der Waals surface area contributed by atoms with Gasteiger partial charge in [0.15, 0.2) is 5.69 Å². The number of aromatic nitrogens is 2. The fourth-order valence-corrected chi connectivity index (χ4v) is 4.60. The summed E-state index contributed by atoms with van der Waals surface area (Å²) in [5.74, 6) is 0.0771. The predicted octanol–water partition coefficient (Wildman–Crippen LogP) is 1.80. The molecule has 3 rings (SSSR count). The Morgan fingerprint density at radius 2 is 1.93 bits per heavy atom. The highest BCUT2D eigenvalue weighted by Gasteiger charge is 2.27. The van der Waals surface area contributed by atoms with E-state index in [-0.39, 0.29) is 16.5 Å². The minimum absolute atomic E-state index is 0.178. The molecule has 8 nitrogen and oxygen atoms in total. The average Bonchev–Trinajstić information content (AvgIpc) is 3.10. The van der Waals surface area contributed by atoms with Crippen molar-refractivity contribution in [1.29, 1.82) is 0 Å². The molecule has 0 aliphatic carbocycles. The molecule has 1 saturated heterocycles. The molecule has 0 spiro atoms. The van der Waals surface area contributed by atoms with Gasteiger partial charge in [0.05, 0.1) is 4.90 Å². The summed E-state index contributed by atoms with van der Waals surface area (Å²) >= 11 is 0. The average molecular weight is 406 g/mol. The summed E-state index contributed by atoms with van der Waals surface area (Å²) in [5.41, 5.74) is 1.60. The third-order valence-corrected chi connectivity index (χ3v) is 6.58. The zero-order valence-corrected chi connectivity index (χ0v) is 17.3. The molecule has 1 aromatic carbocycles. The Morgan fingerprint density at radius 3 is 2.61 bits per heavy atom. The normalized spacial score (nSPS) is 16.4. The number of nitrogens with one attached hydrogen (secondary N) is 2. The minimum Gasteiger partial charge on any atom is -0.321 e. The zero-order valence-electron chi connectivity index (χ0n) is 16.5. The lowest BCUT2D eigenvalue weighted by atomic mass is 10.1. The second-order valence-corrected chi connectivity index (χ2v) is 9.50. The zero-order chi connectivity index (χ0) is 20.3. The topological polar surface area (TPSA) is 98.4 Å². The second kappa shape index (κ2) is 8.42. The molecule has 1 aliphatic heterocycles. The van der Waals surface area contributed by atoms with Crippen molar-refractivity contribution in [2.24, 2.45) is 5.92 Å². The highest BCUT2D eigenvalue weighted by Crippen LogP contribution is 2.21. The van der Waals surface area contributed by atoms with Crippen molar-refractivity contribution in [1.82, 2.24) is 19.4 Å². The predicted molar refractivity (Wildman–Crippen MR) is 108 cm³/mol. The molecule has 2 N–H and O–H groups in total. The molecule has 28 heavy (non-hydrogen) atoms. The van der Waals surface area contributed by atoms with E-state index in [1.54, 1.807) is 24.3 Å². The van der Waals surface area contributed by atoms with Crippen LogP contribution in [0.15, 0.2) is 35.2 Å². The van der Waals surface area contributed by atoms with Crippen molar-refractivity contribution >= 4 is 21.6 Å². The Morgan fingerprint density at radius 1 is 1.21 bits per heavy atom. The number of anilines is 1. The highest BCUT2D eigenvalue weighted by atomic mass is 32.2. The van der Waals surface area contributed by atoms with Gasteiger partial charge in [-0.1, -0.05) is 19.9 Å². The minimum atomic E-state index is -3.58. The van der Waals surface area contributed by atoms with E-state index in [1.807, 2.05) is 7.05 Å². The van der Waals surface area contributed by atoms with E-state index in [4.69, 9.17) is 0 Å². The monoisotopic (exact) mass is 405 g/mol. The third-order valence-electron chi connectivity index (χ3n) is 4.68. The molecule has 1 aromatic heterocycles. The molecule has 0 atom stereocenters. The van der Waals surface area contributed by atoms with E-state index < -0.39 is 10.0 Å². The summed E-state index contributed by atoms with van der Waals surface area (Å²) in [7, 11) is -1.61. The van der Waals surface area contributed by atoms with Crippen LogP contribution in [0.2, 0.25) is 0 Å². The number of hydrogen-bond acceptors (Lipinski definition) is 5. The number of carbonyl (C=O) groups is 1. The van der Waals surface area contributed by atoms with Gasteiger partial charge in [0.2, 0.25) is 10.0 Å². The lowest BCUT2D eigenvalue weighted by molar-refractivity contribution is 0.102. The quantitative estimate of drug-likeness (QED) is 0.764. The van der Waals surface area contributed by atoms with Gasteiger partial charge in [-0.05, 0) is 43.7 Å². The van der Waals surface area contributed by atoms with E-state index in [0.717, 1.165) is 12.1 Å². The number of aromatic amines is 1. The van der Waals surface area contributed by atoms with Gasteiger partial charge in [-0.3, -0.25) is 9.89 Å². The lowest BCUT2D eigenvalue weighted by Gasteiger charge is -2.31. The summed E-state index contributed by atoms with van der Waals surface area (Å²) < 4.78 is 27.3. The smallest absolute Gasteiger partial charge is 0.276 e. The van der Waals surface area contributed by atoms with Crippen LogP contribution < -0.4 is 5.32 Å². The number of amides is 1. The number of piperazine rings is 1. The molecule has 1 amide bonds. The molecule has 0 saturated carbocycles. The first-order chi connectivity index (χ1) is 13.3. The van der Waals surface area contributed by atoms with Crippen molar-refractivity contribution in [3.63, 3.8) is 0 Å². The van der Waals surface area contributed by atoms with E-state index in [9.17, 15) is 13.2 Å². The largest absolute Gasteiger partial charge is 0.321 e. The molecule has 0 radical (unpaired) electrons. The number of rotatable bonds is 6. The summed E-state index contributed by atoms with van der Waals surface area (Å²) in [6.07, 6.45) is 0.805. The number of sulfonamides is 1. The third kappa shape index (κ3) is 4.78. The van der Waals surface area contributed by atoms with Crippen LogP contribution in [0.3, 0.4) is 0 Å². The van der Waals surface area contributed by atoms with Crippen LogP contribution in [0.4, 0.5) is 5.69 Å². The fraction of sp³-hybridized carbons (Fsp3) is 0.474. The Kier molecular flexibility index (Phi) is 6.17. The second-order valence-electron chi connectivity index (χ2n) is 7.57. The van der Waals surface area contributed by atoms with Gasteiger partial charge in [-0.25, -0.2) is 8.42 Å². The van der Waals surface area contributed by atoms with Crippen LogP contribution in [0.25, 0.3) is 0 Å². The molecule has 0 bridgehead atoms. The molecule has 9 heteroatoms. The number of carbonyl (C=O) groups excluding carboxylic acids is 1. The molecule has 2 heterocycles. The van der Waals surface area contributed by atoms with E-state index >= 15 is 0 Å². The maximum absolute atomic E-state index is 12.9. The van der Waals surface area contributed by atoms with Crippen molar-refractivity contribution in [3.05, 3.63) is 41.7 Å². The van der Waals surface area contributed by atoms with E-state index in [1.165, 1.54) is 10.4 Å². The number of benzene rings is 1. The maximum atomic E-state index is 12.9. The molecule has 152 valence electrons. The highest BCUT2D eigenvalue weighted by molar-refractivity contribution is 7.89. The van der Waals surface area contributed by atoms with E-state index in [0.29, 0.717) is 37.8 Å². The first kappa shape index (κ1) is 20.5. The van der Waals surface area contributed by atoms with Gasteiger partial charge < -0.3 is 10.2 Å². The molecule has 1 aliphatic rings. The van der Waals surface area contributed by atoms with Crippen molar-refractivity contribution in [2.75, 3.05) is 38.5 Å². The maximum Gasteiger partial charge on any atom is 0.276 e. The summed E-state index contributed by atoms with van der Waals surface area (Å²) in [6, 6.07) is 8.07. The summed E-state index contributed by atoms with van der Waals surface area (Å²) in [4.78, 5) is 14.7.